The predicted octanol–water partition coefficient (Wildman–Crippen LogP) is 3.73. The fourth-order valence-electron chi connectivity index (χ4n) is 4.44. The van der Waals surface area contributed by atoms with Crippen molar-refractivity contribution in [2.75, 3.05) is 19.6 Å². The van der Waals surface area contributed by atoms with Gasteiger partial charge in [0.2, 0.25) is 0 Å². The second-order valence-corrected chi connectivity index (χ2v) is 8.27. The molecule has 3 aromatic heterocycles. The number of aromatic nitrogens is 5. The van der Waals surface area contributed by atoms with Crippen molar-refractivity contribution in [3.05, 3.63) is 71.7 Å². The summed E-state index contributed by atoms with van der Waals surface area (Å²) >= 11 is 0. The zero-order valence-electron chi connectivity index (χ0n) is 18.0. The van der Waals surface area contributed by atoms with Gasteiger partial charge in [0.1, 0.15) is 6.17 Å². The van der Waals surface area contributed by atoms with E-state index < -0.39 is 6.17 Å². The topological polar surface area (TPSA) is 51.8 Å². The lowest BCUT2D eigenvalue weighted by molar-refractivity contribution is 0.0671. The van der Waals surface area contributed by atoms with Gasteiger partial charge in [-0.3, -0.25) is 14.6 Å². The van der Waals surface area contributed by atoms with Crippen molar-refractivity contribution < 1.29 is 4.39 Å². The molecule has 0 bridgehead atoms. The zero-order valence-corrected chi connectivity index (χ0v) is 18.0. The van der Waals surface area contributed by atoms with Crippen molar-refractivity contribution >= 4 is 10.9 Å². The molecule has 1 aromatic carbocycles. The van der Waals surface area contributed by atoms with E-state index in [0.29, 0.717) is 19.6 Å². The van der Waals surface area contributed by atoms with Crippen LogP contribution in [0.15, 0.2) is 49.1 Å². The van der Waals surface area contributed by atoms with E-state index in [2.05, 4.69) is 33.6 Å². The molecule has 1 aliphatic heterocycles. The molecule has 0 aliphatic carbocycles. The Morgan fingerprint density at radius 3 is 2.74 bits per heavy atom. The molecule has 0 N–H and O–H groups in total. The van der Waals surface area contributed by atoms with Crippen LogP contribution in [-0.4, -0.2) is 55.0 Å². The van der Waals surface area contributed by atoms with Gasteiger partial charge in [0.25, 0.3) is 0 Å². The molecule has 0 radical (unpaired) electrons. The maximum Gasteiger partial charge on any atom is 0.125 e. The first-order valence-corrected chi connectivity index (χ1v) is 10.9. The van der Waals surface area contributed by atoms with Gasteiger partial charge in [-0.2, -0.15) is 5.10 Å². The number of fused-ring (bicyclic) bond motifs is 1. The largest absolute Gasteiger partial charge is 0.306 e. The molecule has 7 heteroatoms. The van der Waals surface area contributed by atoms with E-state index >= 15 is 0 Å². The fourth-order valence-corrected chi connectivity index (χ4v) is 4.44. The van der Waals surface area contributed by atoms with Gasteiger partial charge in [-0.1, -0.05) is 19.1 Å². The molecule has 1 fully saturated rings. The van der Waals surface area contributed by atoms with Crippen molar-refractivity contribution in [3.63, 3.8) is 0 Å². The number of pyridine rings is 1. The van der Waals surface area contributed by atoms with E-state index in [4.69, 9.17) is 10.1 Å². The molecule has 0 amide bonds. The van der Waals surface area contributed by atoms with Crippen LogP contribution in [-0.2, 0) is 19.4 Å². The second kappa shape index (κ2) is 8.23. The van der Waals surface area contributed by atoms with Crippen LogP contribution >= 0.6 is 0 Å². The Morgan fingerprint density at radius 2 is 2.03 bits per heavy atom. The lowest BCUT2D eigenvalue weighted by atomic mass is 10.0. The Balaban J connectivity index is 1.61. The number of likely N-dealkylation sites (tertiary alicyclic amines) is 1. The van der Waals surface area contributed by atoms with Gasteiger partial charge in [0.15, 0.2) is 0 Å². The van der Waals surface area contributed by atoms with E-state index in [-0.39, 0.29) is 0 Å². The molecule has 160 valence electrons. The Bertz CT molecular complexity index is 1190. The van der Waals surface area contributed by atoms with Crippen molar-refractivity contribution in [2.24, 2.45) is 0 Å². The van der Waals surface area contributed by atoms with Crippen LogP contribution in [0, 0.1) is 6.92 Å². The molecule has 1 aliphatic rings. The molecular weight excluding hydrogens is 391 g/mol. The van der Waals surface area contributed by atoms with Crippen molar-refractivity contribution in [2.45, 2.75) is 39.4 Å². The molecule has 0 saturated carbocycles. The summed E-state index contributed by atoms with van der Waals surface area (Å²) in [5, 5.41) is 6.17. The molecule has 6 nitrogen and oxygen atoms in total. The number of imidazole rings is 1. The van der Waals surface area contributed by atoms with Gasteiger partial charge >= 0.3 is 0 Å². The summed E-state index contributed by atoms with van der Waals surface area (Å²) in [6, 6.07) is 10.4. The summed E-state index contributed by atoms with van der Waals surface area (Å²) in [6.07, 6.45) is 6.62. The molecule has 1 saturated heterocycles. The Hall–Kier alpha value is -3.06. The molecule has 5 rings (SSSR count). The van der Waals surface area contributed by atoms with Crippen LogP contribution in [0.5, 0.6) is 0 Å². The third kappa shape index (κ3) is 3.85. The van der Waals surface area contributed by atoms with Crippen LogP contribution < -0.4 is 0 Å². The van der Waals surface area contributed by atoms with Crippen molar-refractivity contribution in [1.82, 2.24) is 29.2 Å². The highest BCUT2D eigenvalue weighted by Gasteiger charge is 2.26. The standard InChI is InChI=1S/C24H27FN6/c1-3-21-23-22(30-12-10-26-16-30)8-7-18(9-11-29-13-19(25)14-29)24(23)31(28-21)15-20-6-4-5-17(2)27-20/h4-8,10,12,16,19H,3,9,11,13-15H2,1-2H3. The lowest BCUT2D eigenvalue weighted by Gasteiger charge is -2.34. The summed E-state index contributed by atoms with van der Waals surface area (Å²) in [7, 11) is 0. The van der Waals surface area contributed by atoms with Crippen LogP contribution in [0.1, 0.15) is 29.6 Å². The van der Waals surface area contributed by atoms with Gasteiger partial charge < -0.3 is 4.57 Å². The van der Waals surface area contributed by atoms with Crippen LogP contribution in [0.4, 0.5) is 4.39 Å². The van der Waals surface area contributed by atoms with Gasteiger partial charge in [0, 0.05) is 43.1 Å². The fraction of sp³-hybridized carbons (Fsp3) is 0.375. The molecule has 31 heavy (non-hydrogen) atoms. The highest BCUT2D eigenvalue weighted by atomic mass is 19.1. The number of hydrogen-bond donors (Lipinski definition) is 0. The van der Waals surface area contributed by atoms with E-state index in [9.17, 15) is 4.39 Å². The molecule has 0 unspecified atom stereocenters. The van der Waals surface area contributed by atoms with Gasteiger partial charge in [-0.05, 0) is 43.5 Å². The first kappa shape index (κ1) is 19.9. The first-order chi connectivity index (χ1) is 15.1. The third-order valence-electron chi connectivity index (χ3n) is 6.01. The minimum Gasteiger partial charge on any atom is -0.306 e. The number of rotatable bonds is 7. The maximum absolute atomic E-state index is 13.3. The molecule has 4 aromatic rings. The third-order valence-corrected chi connectivity index (χ3v) is 6.01. The Kier molecular flexibility index (Phi) is 5.28. The summed E-state index contributed by atoms with van der Waals surface area (Å²) in [4.78, 5) is 11.1. The smallest absolute Gasteiger partial charge is 0.125 e. The second-order valence-electron chi connectivity index (χ2n) is 8.27. The van der Waals surface area contributed by atoms with E-state index in [0.717, 1.165) is 53.1 Å². The van der Waals surface area contributed by atoms with Crippen LogP contribution in [0.25, 0.3) is 16.6 Å². The summed E-state index contributed by atoms with van der Waals surface area (Å²) in [5.41, 5.74) is 6.53. The quantitative estimate of drug-likeness (QED) is 0.459. The highest BCUT2D eigenvalue weighted by Crippen LogP contribution is 2.31. The molecule has 0 atom stereocenters. The number of alkyl halides is 1. The zero-order chi connectivity index (χ0) is 21.4. The molecule has 0 spiro atoms. The van der Waals surface area contributed by atoms with Crippen LogP contribution in [0.3, 0.4) is 0 Å². The SMILES string of the molecule is CCc1nn(Cc2cccc(C)n2)c2c(CCN3CC(F)C3)ccc(-n3ccnc3)c12. The average molecular weight is 419 g/mol. The highest BCUT2D eigenvalue weighted by molar-refractivity contribution is 5.93. The lowest BCUT2D eigenvalue weighted by Crippen LogP contribution is -2.48. The van der Waals surface area contributed by atoms with Gasteiger partial charge in [-0.15, -0.1) is 0 Å². The number of benzene rings is 1. The summed E-state index contributed by atoms with van der Waals surface area (Å²) < 4.78 is 17.4. The van der Waals surface area contributed by atoms with E-state index in [1.54, 1.807) is 6.20 Å². The molecular formula is C24H27FN6. The van der Waals surface area contributed by atoms with Crippen molar-refractivity contribution in [1.29, 1.82) is 0 Å². The van der Waals surface area contributed by atoms with Crippen LogP contribution in [0.2, 0.25) is 0 Å². The normalized spacial score (nSPS) is 14.9. The Morgan fingerprint density at radius 1 is 1.16 bits per heavy atom. The van der Waals surface area contributed by atoms with Crippen molar-refractivity contribution in [3.8, 4) is 5.69 Å². The number of halogens is 1. The predicted molar refractivity (Wildman–Crippen MR) is 119 cm³/mol. The number of hydrogen-bond acceptors (Lipinski definition) is 4. The number of nitrogens with zero attached hydrogens (tertiary/aromatic N) is 6. The minimum atomic E-state index is -0.673. The van der Waals surface area contributed by atoms with Gasteiger partial charge in [-0.25, -0.2) is 9.37 Å². The van der Waals surface area contributed by atoms with E-state index in [1.165, 1.54) is 5.56 Å². The number of aryl methyl sites for hydroxylation is 2. The van der Waals surface area contributed by atoms with E-state index in [1.807, 2.05) is 42.2 Å². The first-order valence-electron chi connectivity index (χ1n) is 10.9. The Labute approximate surface area is 181 Å². The molecule has 4 heterocycles. The van der Waals surface area contributed by atoms with Gasteiger partial charge in [0.05, 0.1) is 35.5 Å². The average Bonchev–Trinajstić information content (AvgIpc) is 3.39. The minimum absolute atomic E-state index is 0.545. The summed E-state index contributed by atoms with van der Waals surface area (Å²) in [5.74, 6) is 0. The monoisotopic (exact) mass is 418 g/mol. The summed E-state index contributed by atoms with van der Waals surface area (Å²) in [6.45, 7) is 6.72. The maximum atomic E-state index is 13.3.